The monoisotopic (exact) mass is 416 g/mol. The summed E-state index contributed by atoms with van der Waals surface area (Å²) in [4.78, 5) is 21.5. The molecule has 3 aromatic heterocycles. The number of aromatic nitrogens is 6. The van der Waals surface area contributed by atoms with E-state index in [1.165, 1.54) is 0 Å². The van der Waals surface area contributed by atoms with E-state index in [-0.39, 0.29) is 11.3 Å². The van der Waals surface area contributed by atoms with Crippen molar-refractivity contribution in [3.63, 3.8) is 0 Å². The van der Waals surface area contributed by atoms with E-state index in [1.54, 1.807) is 40.2 Å². The molecular formula is C23H24N6O2. The van der Waals surface area contributed by atoms with Gasteiger partial charge in [-0.2, -0.15) is 10.2 Å². The first kappa shape index (κ1) is 20.5. The minimum absolute atomic E-state index is 0.0882. The Morgan fingerprint density at radius 3 is 2.58 bits per heavy atom. The zero-order chi connectivity index (χ0) is 21.8. The van der Waals surface area contributed by atoms with Crippen molar-refractivity contribution in [1.82, 2.24) is 29.5 Å². The van der Waals surface area contributed by atoms with Gasteiger partial charge in [-0.15, -0.1) is 0 Å². The molecule has 0 aliphatic heterocycles. The van der Waals surface area contributed by atoms with E-state index in [0.717, 1.165) is 23.2 Å². The summed E-state index contributed by atoms with van der Waals surface area (Å²) in [5.41, 5.74) is 3.08. The maximum Gasteiger partial charge on any atom is 0.203 e. The van der Waals surface area contributed by atoms with Crippen LogP contribution in [0.3, 0.4) is 0 Å². The molecule has 0 radical (unpaired) electrons. The largest absolute Gasteiger partial charge is 0.491 e. The number of hydrogen-bond acceptors (Lipinski definition) is 6. The maximum absolute atomic E-state index is 12.7. The van der Waals surface area contributed by atoms with Crippen molar-refractivity contribution in [3.8, 4) is 22.8 Å². The highest BCUT2D eigenvalue weighted by Gasteiger charge is 2.19. The average molecular weight is 416 g/mol. The Labute approximate surface area is 180 Å². The Hall–Kier alpha value is -3.81. The SMILES string of the molecule is CCOc1cnc(-c2cccc(C(CC)c3nn(-c4cnn(C)c4)ccc3=O)c2)nc1. The topological polar surface area (TPSA) is 87.7 Å². The molecule has 0 bridgehead atoms. The Balaban J connectivity index is 1.70. The van der Waals surface area contributed by atoms with Crippen LogP contribution in [0.4, 0.5) is 0 Å². The van der Waals surface area contributed by atoms with Crippen LogP contribution in [0.25, 0.3) is 17.1 Å². The third kappa shape index (κ3) is 4.37. The minimum Gasteiger partial charge on any atom is -0.491 e. The Morgan fingerprint density at radius 2 is 1.90 bits per heavy atom. The van der Waals surface area contributed by atoms with Crippen molar-refractivity contribution in [2.24, 2.45) is 7.05 Å². The summed E-state index contributed by atoms with van der Waals surface area (Å²) in [6.07, 6.45) is 9.30. The van der Waals surface area contributed by atoms with Gasteiger partial charge in [-0.3, -0.25) is 9.48 Å². The Kier molecular flexibility index (Phi) is 5.88. The second-order valence-corrected chi connectivity index (χ2v) is 7.14. The summed E-state index contributed by atoms with van der Waals surface area (Å²) in [5.74, 6) is 1.09. The zero-order valence-electron chi connectivity index (χ0n) is 17.8. The van der Waals surface area contributed by atoms with Crippen LogP contribution >= 0.6 is 0 Å². The Bertz CT molecular complexity index is 1230. The molecule has 0 N–H and O–H groups in total. The highest BCUT2D eigenvalue weighted by molar-refractivity contribution is 5.57. The van der Waals surface area contributed by atoms with E-state index in [2.05, 4.69) is 20.2 Å². The van der Waals surface area contributed by atoms with Crippen LogP contribution in [-0.4, -0.2) is 36.1 Å². The average Bonchev–Trinajstić information content (AvgIpc) is 3.23. The van der Waals surface area contributed by atoms with Gasteiger partial charge in [-0.1, -0.05) is 25.1 Å². The van der Waals surface area contributed by atoms with Crippen LogP contribution in [0.2, 0.25) is 0 Å². The van der Waals surface area contributed by atoms with E-state index in [1.807, 2.05) is 51.4 Å². The van der Waals surface area contributed by atoms with E-state index in [0.29, 0.717) is 23.9 Å². The molecule has 4 rings (SSSR count). The lowest BCUT2D eigenvalue weighted by Gasteiger charge is -2.16. The predicted octanol–water partition coefficient (Wildman–Crippen LogP) is 3.36. The lowest BCUT2D eigenvalue weighted by Crippen LogP contribution is -2.20. The summed E-state index contributed by atoms with van der Waals surface area (Å²) in [6, 6.07) is 9.49. The summed E-state index contributed by atoms with van der Waals surface area (Å²) in [6.45, 7) is 4.53. The van der Waals surface area contributed by atoms with E-state index < -0.39 is 0 Å². The molecule has 3 heterocycles. The molecule has 4 aromatic rings. The number of ether oxygens (including phenoxy) is 1. The number of hydrogen-bond donors (Lipinski definition) is 0. The molecule has 1 aromatic carbocycles. The number of aryl methyl sites for hydroxylation is 1. The number of nitrogens with zero attached hydrogens (tertiary/aromatic N) is 6. The van der Waals surface area contributed by atoms with Crippen LogP contribution in [0.15, 0.2) is 66.1 Å². The van der Waals surface area contributed by atoms with Gasteiger partial charge in [0, 0.05) is 30.8 Å². The molecule has 158 valence electrons. The standard InChI is InChI=1S/C23H24N6O2/c1-4-20(22-21(30)9-10-29(27-22)18-12-26-28(3)15-18)16-7-6-8-17(11-16)23-24-13-19(14-25-23)31-5-2/h6-15,20H,4-5H2,1-3H3. The normalized spacial score (nSPS) is 12.0. The van der Waals surface area contributed by atoms with Crippen molar-refractivity contribution in [1.29, 1.82) is 0 Å². The van der Waals surface area contributed by atoms with E-state index in [4.69, 9.17) is 4.74 Å². The molecule has 0 aliphatic carbocycles. The van der Waals surface area contributed by atoms with Crippen molar-refractivity contribution in [3.05, 3.63) is 82.8 Å². The van der Waals surface area contributed by atoms with Gasteiger partial charge < -0.3 is 4.74 Å². The predicted molar refractivity (Wildman–Crippen MR) is 117 cm³/mol. The molecule has 8 heteroatoms. The molecule has 0 fully saturated rings. The number of benzene rings is 1. The molecule has 0 saturated heterocycles. The molecule has 0 spiro atoms. The summed E-state index contributed by atoms with van der Waals surface area (Å²) in [7, 11) is 1.84. The molecule has 0 saturated carbocycles. The van der Waals surface area contributed by atoms with Crippen molar-refractivity contribution < 1.29 is 4.74 Å². The maximum atomic E-state index is 12.7. The molecule has 0 amide bonds. The molecule has 1 unspecified atom stereocenters. The molecule has 0 aliphatic rings. The van der Waals surface area contributed by atoms with Crippen molar-refractivity contribution in [2.45, 2.75) is 26.2 Å². The first-order chi connectivity index (χ1) is 15.1. The van der Waals surface area contributed by atoms with Crippen LogP contribution < -0.4 is 10.2 Å². The fourth-order valence-corrected chi connectivity index (χ4v) is 3.52. The Morgan fingerprint density at radius 1 is 1.10 bits per heavy atom. The van der Waals surface area contributed by atoms with Gasteiger partial charge in [0.05, 0.1) is 31.4 Å². The lowest BCUT2D eigenvalue weighted by atomic mass is 9.91. The molecule has 8 nitrogen and oxygen atoms in total. The van der Waals surface area contributed by atoms with Crippen LogP contribution in [-0.2, 0) is 7.05 Å². The molecule has 31 heavy (non-hydrogen) atoms. The van der Waals surface area contributed by atoms with Crippen LogP contribution in [0.5, 0.6) is 5.75 Å². The van der Waals surface area contributed by atoms with Gasteiger partial charge in [-0.25, -0.2) is 14.6 Å². The minimum atomic E-state index is -0.153. The van der Waals surface area contributed by atoms with Crippen molar-refractivity contribution in [2.75, 3.05) is 6.61 Å². The fourth-order valence-electron chi connectivity index (χ4n) is 3.52. The first-order valence-corrected chi connectivity index (χ1v) is 10.2. The molecular weight excluding hydrogens is 392 g/mol. The van der Waals surface area contributed by atoms with E-state index in [9.17, 15) is 4.79 Å². The van der Waals surface area contributed by atoms with Crippen LogP contribution in [0.1, 0.15) is 37.4 Å². The van der Waals surface area contributed by atoms with E-state index >= 15 is 0 Å². The summed E-state index contributed by atoms with van der Waals surface area (Å²) in [5, 5.41) is 8.83. The zero-order valence-corrected chi connectivity index (χ0v) is 17.8. The highest BCUT2D eigenvalue weighted by Crippen LogP contribution is 2.28. The van der Waals surface area contributed by atoms with Crippen molar-refractivity contribution >= 4 is 0 Å². The van der Waals surface area contributed by atoms with Gasteiger partial charge >= 0.3 is 0 Å². The quantitative estimate of drug-likeness (QED) is 0.459. The second-order valence-electron chi connectivity index (χ2n) is 7.14. The van der Waals surface area contributed by atoms with Gasteiger partial charge in [0.2, 0.25) is 5.43 Å². The second kappa shape index (κ2) is 8.91. The van der Waals surface area contributed by atoms with Gasteiger partial charge in [0.25, 0.3) is 0 Å². The smallest absolute Gasteiger partial charge is 0.203 e. The summed E-state index contributed by atoms with van der Waals surface area (Å²) >= 11 is 0. The van der Waals surface area contributed by atoms with Gasteiger partial charge in [-0.05, 0) is 25.0 Å². The highest BCUT2D eigenvalue weighted by atomic mass is 16.5. The summed E-state index contributed by atoms with van der Waals surface area (Å²) < 4.78 is 8.81. The van der Waals surface area contributed by atoms with Gasteiger partial charge in [0.15, 0.2) is 11.6 Å². The van der Waals surface area contributed by atoms with Crippen LogP contribution in [0, 0.1) is 0 Å². The first-order valence-electron chi connectivity index (χ1n) is 10.2. The number of rotatable bonds is 7. The third-order valence-corrected chi connectivity index (χ3v) is 5.02. The molecule has 1 atom stereocenters. The van der Waals surface area contributed by atoms with Gasteiger partial charge in [0.1, 0.15) is 11.4 Å². The third-order valence-electron chi connectivity index (χ3n) is 5.02. The fraction of sp³-hybridized carbons (Fsp3) is 0.261. The lowest BCUT2D eigenvalue weighted by molar-refractivity contribution is 0.337.